The van der Waals surface area contributed by atoms with E-state index in [-0.39, 0.29) is 28.7 Å². The molecule has 1 unspecified atom stereocenters. The zero-order valence-corrected chi connectivity index (χ0v) is 17.6. The number of amides is 1. The third kappa shape index (κ3) is 3.34. The smallest absolute Gasteiger partial charge is 0.227 e. The van der Waals surface area contributed by atoms with Crippen molar-refractivity contribution in [1.82, 2.24) is 10.2 Å². The molecule has 3 rings (SSSR count). The third-order valence-electron chi connectivity index (χ3n) is 7.98. The Kier molecular flexibility index (Phi) is 5.29. The lowest BCUT2D eigenvalue weighted by atomic mass is 9.45. The molecule has 3 heteroatoms. The molecule has 26 heavy (non-hydrogen) atoms. The normalized spacial score (nSPS) is 33.4. The van der Waals surface area contributed by atoms with Gasteiger partial charge in [-0.1, -0.05) is 60.1 Å². The highest BCUT2D eigenvalue weighted by atomic mass is 16.2. The molecular formula is C23H38N2O. The zero-order chi connectivity index (χ0) is 19.1. The first-order chi connectivity index (χ1) is 12.2. The van der Waals surface area contributed by atoms with E-state index in [9.17, 15) is 4.79 Å². The van der Waals surface area contributed by atoms with Crippen LogP contribution in [0.4, 0.5) is 0 Å². The molecule has 3 nitrogen and oxygen atoms in total. The van der Waals surface area contributed by atoms with Gasteiger partial charge in [0.05, 0.1) is 5.92 Å². The van der Waals surface area contributed by atoms with E-state index >= 15 is 0 Å². The summed E-state index contributed by atoms with van der Waals surface area (Å²) in [5.74, 6) is 1.68. The van der Waals surface area contributed by atoms with Crippen molar-refractivity contribution >= 4 is 5.91 Å². The Balaban J connectivity index is 1.54. The van der Waals surface area contributed by atoms with E-state index in [4.69, 9.17) is 0 Å². The van der Waals surface area contributed by atoms with Gasteiger partial charge in [0.25, 0.3) is 0 Å². The Morgan fingerprint density at radius 1 is 1.19 bits per heavy atom. The van der Waals surface area contributed by atoms with E-state index in [1.54, 1.807) is 0 Å². The summed E-state index contributed by atoms with van der Waals surface area (Å²) < 4.78 is 0. The molecule has 1 saturated heterocycles. The average molecular weight is 359 g/mol. The Hall–Kier alpha value is -1.25. The molecule has 0 aromatic carbocycles. The fourth-order valence-corrected chi connectivity index (χ4v) is 5.58. The van der Waals surface area contributed by atoms with Gasteiger partial charge >= 0.3 is 0 Å². The van der Waals surface area contributed by atoms with Crippen LogP contribution >= 0.6 is 0 Å². The zero-order valence-electron chi connectivity index (χ0n) is 17.6. The van der Waals surface area contributed by atoms with E-state index in [1.165, 1.54) is 25.0 Å². The lowest BCUT2D eigenvalue weighted by Crippen LogP contribution is -2.69. The molecule has 1 saturated carbocycles. The molecule has 1 atom stereocenters. The lowest BCUT2D eigenvalue weighted by molar-refractivity contribution is -0.144. The van der Waals surface area contributed by atoms with Gasteiger partial charge < -0.3 is 10.2 Å². The Morgan fingerprint density at radius 3 is 2.31 bits per heavy atom. The van der Waals surface area contributed by atoms with Crippen molar-refractivity contribution in [2.75, 3.05) is 13.1 Å². The van der Waals surface area contributed by atoms with Gasteiger partial charge in [-0.15, -0.1) is 0 Å². The summed E-state index contributed by atoms with van der Waals surface area (Å²) in [5, 5.41) is 3.37. The molecule has 0 aromatic heterocycles. The number of rotatable bonds is 4. The van der Waals surface area contributed by atoms with Crippen LogP contribution in [0.25, 0.3) is 0 Å². The standard InChI is InChI=1S/C23H38N2O/c1-7-17-12-14-25(15-13-17)19-10-8-18(9-11-19)20(26)24-21-22(3,4)16(2)23(21,5)6/h8,10-11,16-18,21H,7,9,12-15H2,1-6H3,(H,24,26). The monoisotopic (exact) mass is 358 g/mol. The number of carbonyl (C=O) groups is 1. The summed E-state index contributed by atoms with van der Waals surface area (Å²) in [6, 6.07) is 0.254. The van der Waals surface area contributed by atoms with Crippen LogP contribution in [0, 0.1) is 28.6 Å². The molecule has 0 spiro atoms. The number of nitrogens with one attached hydrogen (secondary N) is 1. The van der Waals surface area contributed by atoms with E-state index in [2.05, 4.69) is 70.0 Å². The van der Waals surface area contributed by atoms with Crippen molar-refractivity contribution in [2.45, 2.75) is 73.3 Å². The molecule has 146 valence electrons. The van der Waals surface area contributed by atoms with Crippen LogP contribution in [0.3, 0.4) is 0 Å². The Labute approximate surface area is 160 Å². The summed E-state index contributed by atoms with van der Waals surface area (Å²) in [6.45, 7) is 16.0. The minimum Gasteiger partial charge on any atom is -0.372 e. The highest BCUT2D eigenvalue weighted by Crippen LogP contribution is 2.58. The quantitative estimate of drug-likeness (QED) is 0.786. The third-order valence-corrected chi connectivity index (χ3v) is 7.98. The summed E-state index contributed by atoms with van der Waals surface area (Å²) >= 11 is 0. The number of hydrogen-bond donors (Lipinski definition) is 1. The van der Waals surface area contributed by atoms with Crippen molar-refractivity contribution in [3.05, 3.63) is 23.9 Å². The van der Waals surface area contributed by atoms with E-state index in [0.717, 1.165) is 25.4 Å². The minimum atomic E-state index is -0.0190. The summed E-state index contributed by atoms with van der Waals surface area (Å²) in [5.41, 5.74) is 1.66. The van der Waals surface area contributed by atoms with Crippen molar-refractivity contribution in [1.29, 1.82) is 0 Å². The fourth-order valence-electron chi connectivity index (χ4n) is 5.58. The van der Waals surface area contributed by atoms with Crippen LogP contribution < -0.4 is 5.32 Å². The number of allylic oxidation sites excluding steroid dienone is 2. The van der Waals surface area contributed by atoms with Crippen molar-refractivity contribution < 1.29 is 4.79 Å². The summed E-state index contributed by atoms with van der Waals surface area (Å²) in [4.78, 5) is 15.3. The second-order valence-corrected chi connectivity index (χ2v) is 9.97. The minimum absolute atomic E-state index is 0.0190. The molecule has 1 heterocycles. The number of carbonyl (C=O) groups excluding carboxylic acids is 1. The molecule has 0 aromatic rings. The summed E-state index contributed by atoms with van der Waals surface area (Å²) in [6.07, 6.45) is 11.3. The summed E-state index contributed by atoms with van der Waals surface area (Å²) in [7, 11) is 0. The van der Waals surface area contributed by atoms with Gasteiger partial charge in [-0.2, -0.15) is 0 Å². The number of nitrogens with zero attached hydrogens (tertiary/aromatic N) is 1. The van der Waals surface area contributed by atoms with Crippen molar-refractivity contribution in [2.24, 2.45) is 28.6 Å². The molecule has 1 N–H and O–H groups in total. The second-order valence-electron chi connectivity index (χ2n) is 9.97. The van der Waals surface area contributed by atoms with Gasteiger partial charge in [-0.25, -0.2) is 0 Å². The van der Waals surface area contributed by atoms with Crippen LogP contribution in [0.2, 0.25) is 0 Å². The van der Waals surface area contributed by atoms with Crippen LogP contribution in [0.1, 0.15) is 67.2 Å². The first-order valence-electron chi connectivity index (χ1n) is 10.6. The molecule has 1 aliphatic heterocycles. The van der Waals surface area contributed by atoms with Crippen molar-refractivity contribution in [3.63, 3.8) is 0 Å². The molecule has 1 amide bonds. The predicted octanol–water partition coefficient (Wildman–Crippen LogP) is 4.76. The first kappa shape index (κ1) is 19.5. The highest BCUT2D eigenvalue weighted by molar-refractivity contribution is 5.81. The number of hydrogen-bond acceptors (Lipinski definition) is 2. The maximum atomic E-state index is 12.8. The fraction of sp³-hybridized carbons (Fsp3) is 0.783. The maximum Gasteiger partial charge on any atom is 0.227 e. The van der Waals surface area contributed by atoms with E-state index in [1.807, 2.05) is 0 Å². The lowest BCUT2D eigenvalue weighted by Gasteiger charge is -2.63. The molecule has 2 fully saturated rings. The van der Waals surface area contributed by atoms with Crippen LogP contribution in [0.5, 0.6) is 0 Å². The SMILES string of the molecule is CCC1CCN(C2=CCC(C(=O)NC3C(C)(C)C(C)C3(C)C)C=C2)CC1. The number of piperidine rings is 1. The average Bonchev–Trinajstić information content (AvgIpc) is 2.65. The van der Waals surface area contributed by atoms with E-state index < -0.39 is 0 Å². The van der Waals surface area contributed by atoms with Gasteiger partial charge in [-0.3, -0.25) is 4.79 Å². The molecule has 0 radical (unpaired) electrons. The van der Waals surface area contributed by atoms with Gasteiger partial charge in [0.15, 0.2) is 0 Å². The van der Waals surface area contributed by atoms with Crippen molar-refractivity contribution in [3.8, 4) is 0 Å². The first-order valence-corrected chi connectivity index (χ1v) is 10.6. The van der Waals surface area contributed by atoms with Gasteiger partial charge in [0, 0.05) is 24.8 Å². The number of likely N-dealkylation sites (tertiary alicyclic amines) is 1. The Morgan fingerprint density at radius 2 is 1.81 bits per heavy atom. The largest absolute Gasteiger partial charge is 0.372 e. The van der Waals surface area contributed by atoms with Crippen LogP contribution in [-0.4, -0.2) is 29.9 Å². The molecule has 0 bridgehead atoms. The van der Waals surface area contributed by atoms with Gasteiger partial charge in [0.2, 0.25) is 5.91 Å². The van der Waals surface area contributed by atoms with Crippen LogP contribution in [0.15, 0.2) is 23.9 Å². The molecule has 2 aliphatic carbocycles. The van der Waals surface area contributed by atoms with Gasteiger partial charge in [-0.05, 0) is 48.0 Å². The predicted molar refractivity (Wildman–Crippen MR) is 109 cm³/mol. The second kappa shape index (κ2) is 7.05. The Bertz CT molecular complexity index is 577. The topological polar surface area (TPSA) is 32.3 Å². The van der Waals surface area contributed by atoms with Crippen LogP contribution in [-0.2, 0) is 4.79 Å². The highest BCUT2D eigenvalue weighted by Gasteiger charge is 2.59. The molecule has 3 aliphatic rings. The van der Waals surface area contributed by atoms with Gasteiger partial charge in [0.1, 0.15) is 0 Å². The van der Waals surface area contributed by atoms with E-state index in [0.29, 0.717) is 5.92 Å². The maximum absolute atomic E-state index is 12.8. The molecular weight excluding hydrogens is 320 g/mol.